The predicted molar refractivity (Wildman–Crippen MR) is 78.1 cm³/mol. The second kappa shape index (κ2) is 5.80. The fourth-order valence-electron chi connectivity index (χ4n) is 1.70. The number of ether oxygens (including phenoxy) is 1. The number of aromatic nitrogens is 2. The van der Waals surface area contributed by atoms with Crippen molar-refractivity contribution in [2.45, 2.75) is 13.5 Å². The molecule has 20 heavy (non-hydrogen) atoms. The molecule has 0 amide bonds. The molecule has 8 heteroatoms. The third kappa shape index (κ3) is 2.94. The van der Waals surface area contributed by atoms with Gasteiger partial charge >= 0.3 is 0 Å². The fourth-order valence-corrected chi connectivity index (χ4v) is 2.38. The van der Waals surface area contributed by atoms with Gasteiger partial charge in [-0.1, -0.05) is 11.6 Å². The molecule has 0 aliphatic rings. The smallest absolute Gasteiger partial charge is 0.271 e. The number of hydrogen-bond donors (Lipinski definition) is 0. The van der Waals surface area contributed by atoms with Crippen LogP contribution < -0.4 is 4.74 Å². The molecule has 0 aliphatic carbocycles. The highest BCUT2D eigenvalue weighted by Gasteiger charge is 2.14. The number of rotatable bonds is 4. The van der Waals surface area contributed by atoms with Gasteiger partial charge in [0, 0.05) is 19.2 Å². The van der Waals surface area contributed by atoms with Gasteiger partial charge in [-0.15, -0.1) is 0 Å². The molecular formula is C12H11BrClN3O3. The highest BCUT2D eigenvalue weighted by molar-refractivity contribution is 9.10. The fraction of sp³-hybridized carbons (Fsp3) is 0.250. The lowest BCUT2D eigenvalue weighted by molar-refractivity contribution is -0.384. The van der Waals surface area contributed by atoms with Gasteiger partial charge in [0.1, 0.15) is 12.4 Å². The number of nitro benzene ring substituents is 1. The number of nitrogens with zero attached hydrogens (tertiary/aromatic N) is 3. The first-order valence-corrected chi connectivity index (χ1v) is 6.82. The van der Waals surface area contributed by atoms with E-state index < -0.39 is 4.92 Å². The summed E-state index contributed by atoms with van der Waals surface area (Å²) in [5.41, 5.74) is 1.65. The molecule has 0 aliphatic heterocycles. The van der Waals surface area contributed by atoms with Crippen molar-refractivity contribution in [2.24, 2.45) is 7.05 Å². The Morgan fingerprint density at radius 3 is 2.75 bits per heavy atom. The Hall–Kier alpha value is -1.60. The highest BCUT2D eigenvalue weighted by atomic mass is 79.9. The van der Waals surface area contributed by atoms with E-state index >= 15 is 0 Å². The second-order valence-corrected chi connectivity index (χ2v) is 5.33. The molecule has 0 spiro atoms. The summed E-state index contributed by atoms with van der Waals surface area (Å²) in [7, 11) is 1.81. The average Bonchev–Trinajstić information content (AvgIpc) is 2.62. The van der Waals surface area contributed by atoms with Crippen molar-refractivity contribution in [1.82, 2.24) is 9.78 Å². The molecule has 0 atom stereocenters. The van der Waals surface area contributed by atoms with Gasteiger partial charge in [0.2, 0.25) is 0 Å². The molecule has 0 fully saturated rings. The molecule has 1 aromatic heterocycles. The topological polar surface area (TPSA) is 70.2 Å². The van der Waals surface area contributed by atoms with Gasteiger partial charge in [-0.05, 0) is 28.9 Å². The van der Waals surface area contributed by atoms with Gasteiger partial charge in [-0.25, -0.2) is 0 Å². The SMILES string of the molecule is Cc1nn(C)c(COc2ccc([N+](=O)[O-])cc2Cl)c1Br. The Morgan fingerprint density at radius 2 is 2.25 bits per heavy atom. The molecule has 1 aromatic carbocycles. The van der Waals surface area contributed by atoms with Crippen LogP contribution in [0.4, 0.5) is 5.69 Å². The molecule has 2 rings (SSSR count). The predicted octanol–water partition coefficient (Wildman–Crippen LogP) is 3.63. The van der Waals surface area contributed by atoms with Gasteiger partial charge in [0.25, 0.3) is 5.69 Å². The zero-order chi connectivity index (χ0) is 14.9. The summed E-state index contributed by atoms with van der Waals surface area (Å²) < 4.78 is 8.17. The van der Waals surface area contributed by atoms with Crippen molar-refractivity contribution >= 4 is 33.2 Å². The summed E-state index contributed by atoms with van der Waals surface area (Å²) in [5, 5.41) is 15.1. The van der Waals surface area contributed by atoms with Crippen LogP contribution in [0.3, 0.4) is 0 Å². The number of hydrogen-bond acceptors (Lipinski definition) is 4. The van der Waals surface area contributed by atoms with E-state index in [1.807, 2.05) is 14.0 Å². The molecule has 0 radical (unpaired) electrons. The third-order valence-electron chi connectivity index (χ3n) is 2.75. The lowest BCUT2D eigenvalue weighted by Crippen LogP contribution is -2.04. The van der Waals surface area contributed by atoms with E-state index in [1.54, 1.807) is 4.68 Å². The standard InChI is InChI=1S/C12H11BrClN3O3/c1-7-12(13)10(16(2)15-7)6-20-11-4-3-8(17(18)19)5-9(11)14/h3-5H,6H2,1-2H3. The Kier molecular flexibility index (Phi) is 4.29. The molecule has 0 N–H and O–H groups in total. The van der Waals surface area contributed by atoms with E-state index in [4.69, 9.17) is 16.3 Å². The van der Waals surface area contributed by atoms with E-state index in [9.17, 15) is 10.1 Å². The Balaban J connectivity index is 2.17. The first kappa shape index (κ1) is 14.8. The number of nitro groups is 1. The van der Waals surface area contributed by atoms with Crippen LogP contribution in [0.5, 0.6) is 5.75 Å². The minimum atomic E-state index is -0.503. The van der Waals surface area contributed by atoms with Crippen LogP contribution in [0.15, 0.2) is 22.7 Å². The van der Waals surface area contributed by atoms with E-state index in [1.165, 1.54) is 18.2 Å². The van der Waals surface area contributed by atoms with Crippen LogP contribution in [0.1, 0.15) is 11.4 Å². The lowest BCUT2D eigenvalue weighted by atomic mass is 10.3. The van der Waals surface area contributed by atoms with E-state index in [0.717, 1.165) is 15.9 Å². The number of halogens is 2. The second-order valence-electron chi connectivity index (χ2n) is 4.13. The van der Waals surface area contributed by atoms with Crippen molar-refractivity contribution in [1.29, 1.82) is 0 Å². The van der Waals surface area contributed by atoms with Gasteiger partial charge in [-0.2, -0.15) is 5.10 Å². The molecule has 2 aromatic rings. The van der Waals surface area contributed by atoms with E-state index in [2.05, 4.69) is 21.0 Å². The molecule has 0 bridgehead atoms. The van der Waals surface area contributed by atoms with Crippen molar-refractivity contribution in [3.8, 4) is 5.75 Å². The van der Waals surface area contributed by atoms with Crippen LogP contribution in [-0.2, 0) is 13.7 Å². The third-order valence-corrected chi connectivity index (χ3v) is 4.08. The van der Waals surface area contributed by atoms with Crippen molar-refractivity contribution in [3.63, 3.8) is 0 Å². The summed E-state index contributed by atoms with van der Waals surface area (Å²) in [5.74, 6) is 0.392. The van der Waals surface area contributed by atoms with Crippen LogP contribution >= 0.6 is 27.5 Å². The van der Waals surface area contributed by atoms with E-state index in [-0.39, 0.29) is 17.3 Å². The van der Waals surface area contributed by atoms with Gasteiger partial charge < -0.3 is 4.74 Å². The van der Waals surface area contributed by atoms with Crippen molar-refractivity contribution < 1.29 is 9.66 Å². The molecule has 0 saturated carbocycles. The maximum Gasteiger partial charge on any atom is 0.271 e. The van der Waals surface area contributed by atoms with Crippen molar-refractivity contribution in [3.05, 3.63) is 49.2 Å². The summed E-state index contributed by atoms with van der Waals surface area (Å²) in [4.78, 5) is 10.1. The van der Waals surface area contributed by atoms with Crippen LogP contribution in [0, 0.1) is 17.0 Å². The molecular weight excluding hydrogens is 350 g/mol. The molecule has 106 valence electrons. The summed E-state index contributed by atoms with van der Waals surface area (Å²) in [6, 6.07) is 4.10. The Labute approximate surface area is 128 Å². The van der Waals surface area contributed by atoms with Gasteiger partial charge in [0.15, 0.2) is 0 Å². The molecule has 6 nitrogen and oxygen atoms in total. The molecule has 0 saturated heterocycles. The highest BCUT2D eigenvalue weighted by Crippen LogP contribution is 2.30. The number of benzene rings is 1. The summed E-state index contributed by atoms with van der Waals surface area (Å²) in [6.45, 7) is 2.14. The summed E-state index contributed by atoms with van der Waals surface area (Å²) >= 11 is 9.40. The van der Waals surface area contributed by atoms with Crippen molar-refractivity contribution in [2.75, 3.05) is 0 Å². The van der Waals surface area contributed by atoms with Gasteiger partial charge in [-0.3, -0.25) is 14.8 Å². The monoisotopic (exact) mass is 359 g/mol. The zero-order valence-corrected chi connectivity index (χ0v) is 13.1. The minimum Gasteiger partial charge on any atom is -0.486 e. The van der Waals surface area contributed by atoms with Crippen LogP contribution in [0.2, 0.25) is 5.02 Å². The number of non-ortho nitro benzene ring substituents is 1. The minimum absolute atomic E-state index is 0.0695. The molecule has 1 heterocycles. The Bertz CT molecular complexity index is 672. The lowest BCUT2D eigenvalue weighted by Gasteiger charge is -2.08. The first-order chi connectivity index (χ1) is 9.40. The Morgan fingerprint density at radius 1 is 1.55 bits per heavy atom. The first-order valence-electron chi connectivity index (χ1n) is 5.65. The normalized spacial score (nSPS) is 10.6. The maximum atomic E-state index is 10.6. The van der Waals surface area contributed by atoms with Crippen LogP contribution in [-0.4, -0.2) is 14.7 Å². The average molecular weight is 361 g/mol. The van der Waals surface area contributed by atoms with Crippen LogP contribution in [0.25, 0.3) is 0 Å². The quantitative estimate of drug-likeness (QED) is 0.616. The van der Waals surface area contributed by atoms with Gasteiger partial charge in [0.05, 0.1) is 25.8 Å². The summed E-state index contributed by atoms with van der Waals surface area (Å²) in [6.07, 6.45) is 0. The van der Waals surface area contributed by atoms with E-state index in [0.29, 0.717) is 5.75 Å². The number of aryl methyl sites for hydroxylation is 2. The molecule has 0 unspecified atom stereocenters. The largest absolute Gasteiger partial charge is 0.486 e. The zero-order valence-electron chi connectivity index (χ0n) is 10.8. The maximum absolute atomic E-state index is 10.6.